The number of benzene rings is 2. The third-order valence-corrected chi connectivity index (χ3v) is 7.02. The van der Waals surface area contributed by atoms with Crippen LogP contribution in [0.1, 0.15) is 10.4 Å². The number of hydrogen-bond donors (Lipinski definition) is 1. The van der Waals surface area contributed by atoms with Crippen LogP contribution in [0, 0.1) is 5.82 Å². The third kappa shape index (κ3) is 4.59. The van der Waals surface area contributed by atoms with Crippen LogP contribution in [-0.4, -0.2) is 37.7 Å². The maximum Gasteiger partial charge on any atom is 0.257 e. The van der Waals surface area contributed by atoms with Crippen molar-refractivity contribution in [1.82, 2.24) is 9.29 Å². The molecule has 3 rings (SSSR count). The number of rotatable bonds is 5. The predicted octanol–water partition coefficient (Wildman–Crippen LogP) is 4.76. The lowest BCUT2D eigenvalue weighted by Crippen LogP contribution is -2.24. The number of aromatic nitrogens is 1. The highest BCUT2D eigenvalue weighted by Crippen LogP contribution is 2.32. The Morgan fingerprint density at radius 2 is 1.90 bits per heavy atom. The first-order valence-electron chi connectivity index (χ1n) is 8.04. The molecule has 1 aromatic heterocycles. The smallest absolute Gasteiger partial charge is 0.257 e. The molecule has 29 heavy (non-hydrogen) atoms. The number of nitrogens with one attached hydrogen (secondary N) is 1. The monoisotopic (exact) mass is 473 g/mol. The number of halogens is 3. The van der Waals surface area contributed by atoms with Gasteiger partial charge < -0.3 is 0 Å². The Labute approximate surface area is 181 Å². The molecule has 1 heterocycles. The van der Waals surface area contributed by atoms with E-state index in [0.717, 1.165) is 27.8 Å². The highest BCUT2D eigenvalue weighted by Gasteiger charge is 2.23. The van der Waals surface area contributed by atoms with Crippen molar-refractivity contribution in [2.45, 2.75) is 4.90 Å². The molecule has 0 aliphatic carbocycles. The van der Waals surface area contributed by atoms with Gasteiger partial charge in [-0.25, -0.2) is 22.1 Å². The van der Waals surface area contributed by atoms with Crippen LogP contribution in [0.2, 0.25) is 10.0 Å². The van der Waals surface area contributed by atoms with Crippen molar-refractivity contribution in [1.29, 1.82) is 0 Å². The van der Waals surface area contributed by atoms with Crippen molar-refractivity contribution in [3.63, 3.8) is 0 Å². The van der Waals surface area contributed by atoms with Crippen LogP contribution in [-0.2, 0) is 10.0 Å². The molecule has 0 aliphatic rings. The van der Waals surface area contributed by atoms with Crippen LogP contribution in [0.4, 0.5) is 9.52 Å². The molecule has 0 atom stereocenters. The van der Waals surface area contributed by atoms with E-state index >= 15 is 0 Å². The predicted molar refractivity (Wildman–Crippen MR) is 113 cm³/mol. The molecule has 0 bridgehead atoms. The van der Waals surface area contributed by atoms with E-state index in [1.54, 1.807) is 23.6 Å². The Hall–Kier alpha value is -2.04. The van der Waals surface area contributed by atoms with Gasteiger partial charge in [-0.15, -0.1) is 11.3 Å². The summed E-state index contributed by atoms with van der Waals surface area (Å²) in [5, 5.41) is 5.46. The van der Waals surface area contributed by atoms with E-state index in [9.17, 15) is 17.6 Å². The molecule has 152 valence electrons. The second-order valence-electron chi connectivity index (χ2n) is 6.05. The summed E-state index contributed by atoms with van der Waals surface area (Å²) in [6, 6.07) is 8.09. The number of anilines is 1. The molecule has 6 nitrogen and oxygen atoms in total. The first-order chi connectivity index (χ1) is 13.6. The SMILES string of the molecule is CN(C)S(=O)(=O)c1cc(C(=O)Nc2nc(-c3ccc(Cl)cc3Cl)cs2)ccc1F. The van der Waals surface area contributed by atoms with E-state index in [2.05, 4.69) is 10.3 Å². The van der Waals surface area contributed by atoms with Crippen LogP contribution in [0.25, 0.3) is 11.3 Å². The second-order valence-corrected chi connectivity index (χ2v) is 9.87. The molecule has 1 N–H and O–H groups in total. The quantitative estimate of drug-likeness (QED) is 0.579. The first-order valence-corrected chi connectivity index (χ1v) is 11.1. The zero-order valence-corrected chi connectivity index (χ0v) is 18.3. The largest absolute Gasteiger partial charge is 0.298 e. The van der Waals surface area contributed by atoms with Crippen LogP contribution in [0.15, 0.2) is 46.7 Å². The summed E-state index contributed by atoms with van der Waals surface area (Å²) < 4.78 is 39.3. The summed E-state index contributed by atoms with van der Waals surface area (Å²) in [4.78, 5) is 16.2. The van der Waals surface area contributed by atoms with E-state index in [0.29, 0.717) is 21.3 Å². The van der Waals surface area contributed by atoms with Gasteiger partial charge in [0.05, 0.1) is 10.7 Å². The van der Waals surface area contributed by atoms with E-state index in [4.69, 9.17) is 23.2 Å². The molecule has 2 aromatic carbocycles. The van der Waals surface area contributed by atoms with Gasteiger partial charge in [0.1, 0.15) is 10.7 Å². The Morgan fingerprint density at radius 1 is 1.17 bits per heavy atom. The van der Waals surface area contributed by atoms with Crippen LogP contribution < -0.4 is 5.32 Å². The van der Waals surface area contributed by atoms with E-state index in [1.807, 2.05) is 0 Å². The lowest BCUT2D eigenvalue weighted by Gasteiger charge is -2.13. The molecule has 0 fully saturated rings. The zero-order chi connectivity index (χ0) is 21.3. The molecule has 1 amide bonds. The molecule has 3 aromatic rings. The highest BCUT2D eigenvalue weighted by molar-refractivity contribution is 7.89. The summed E-state index contributed by atoms with van der Waals surface area (Å²) in [6.45, 7) is 0. The zero-order valence-electron chi connectivity index (χ0n) is 15.1. The summed E-state index contributed by atoms with van der Waals surface area (Å²) in [6.07, 6.45) is 0. The van der Waals surface area contributed by atoms with Gasteiger partial charge in [-0.2, -0.15) is 0 Å². The molecule has 0 aliphatic heterocycles. The third-order valence-electron chi connectivity index (χ3n) is 3.88. The van der Waals surface area contributed by atoms with Crippen molar-refractivity contribution in [2.24, 2.45) is 0 Å². The number of sulfonamides is 1. The molecule has 0 radical (unpaired) electrons. The summed E-state index contributed by atoms with van der Waals surface area (Å²) >= 11 is 13.2. The number of thiazole rings is 1. The molecule has 11 heteroatoms. The fourth-order valence-electron chi connectivity index (χ4n) is 2.36. The van der Waals surface area contributed by atoms with Gasteiger partial charge in [0.2, 0.25) is 10.0 Å². The fourth-order valence-corrected chi connectivity index (χ4v) is 4.56. The molecule has 0 saturated carbocycles. The van der Waals surface area contributed by atoms with Crippen molar-refractivity contribution in [2.75, 3.05) is 19.4 Å². The molecule has 0 spiro atoms. The Bertz CT molecular complexity index is 1200. The number of carbonyl (C=O) groups excluding carboxylic acids is 1. The maximum atomic E-state index is 14.0. The standard InChI is InChI=1S/C18H14Cl2FN3O3S2/c1-24(2)29(26,27)16-7-10(3-6-14(16)21)17(25)23-18-22-15(9-28-18)12-5-4-11(19)8-13(12)20/h3-9H,1-2H3,(H,22,23,25). The van der Waals surface area contributed by atoms with Gasteiger partial charge in [-0.05, 0) is 36.4 Å². The van der Waals surface area contributed by atoms with E-state index in [-0.39, 0.29) is 10.7 Å². The molecule has 0 saturated heterocycles. The topological polar surface area (TPSA) is 79.4 Å². The molecular formula is C18H14Cl2FN3O3S2. The highest BCUT2D eigenvalue weighted by atomic mass is 35.5. The average Bonchev–Trinajstić information content (AvgIpc) is 3.09. The van der Waals surface area contributed by atoms with E-state index in [1.165, 1.54) is 20.2 Å². The van der Waals surface area contributed by atoms with Crippen molar-refractivity contribution in [3.05, 3.63) is 63.2 Å². The number of nitrogens with zero attached hydrogens (tertiary/aromatic N) is 2. The van der Waals surface area contributed by atoms with Gasteiger partial charge in [0.15, 0.2) is 5.13 Å². The van der Waals surface area contributed by atoms with Crippen LogP contribution >= 0.6 is 34.5 Å². The Morgan fingerprint density at radius 3 is 2.55 bits per heavy atom. The number of amides is 1. The second kappa shape index (κ2) is 8.37. The van der Waals surface area contributed by atoms with Gasteiger partial charge in [-0.1, -0.05) is 23.2 Å². The van der Waals surface area contributed by atoms with Crippen molar-refractivity contribution >= 4 is 55.6 Å². The fraction of sp³-hybridized carbons (Fsp3) is 0.111. The first kappa shape index (κ1) is 21.7. The van der Waals surface area contributed by atoms with Gasteiger partial charge in [0, 0.05) is 35.6 Å². The van der Waals surface area contributed by atoms with Crippen LogP contribution in [0.5, 0.6) is 0 Å². The van der Waals surface area contributed by atoms with Gasteiger partial charge in [0.25, 0.3) is 5.91 Å². The summed E-state index contributed by atoms with van der Waals surface area (Å²) in [5.41, 5.74) is 1.17. The number of carbonyl (C=O) groups is 1. The average molecular weight is 474 g/mol. The van der Waals surface area contributed by atoms with Crippen molar-refractivity contribution in [3.8, 4) is 11.3 Å². The van der Waals surface area contributed by atoms with Crippen LogP contribution in [0.3, 0.4) is 0 Å². The Kier molecular flexibility index (Phi) is 6.25. The summed E-state index contributed by atoms with van der Waals surface area (Å²) in [5.74, 6) is -1.56. The molecular weight excluding hydrogens is 460 g/mol. The Balaban J connectivity index is 1.86. The normalized spacial score (nSPS) is 11.7. The van der Waals surface area contributed by atoms with Gasteiger partial charge >= 0.3 is 0 Å². The minimum Gasteiger partial charge on any atom is -0.298 e. The lowest BCUT2D eigenvalue weighted by molar-refractivity contribution is 0.102. The molecule has 0 unspecified atom stereocenters. The number of hydrogen-bond acceptors (Lipinski definition) is 5. The lowest BCUT2D eigenvalue weighted by atomic mass is 10.2. The van der Waals surface area contributed by atoms with Crippen molar-refractivity contribution < 1.29 is 17.6 Å². The summed E-state index contributed by atoms with van der Waals surface area (Å²) in [7, 11) is -1.48. The van der Waals surface area contributed by atoms with Gasteiger partial charge in [-0.3, -0.25) is 10.1 Å². The minimum atomic E-state index is -4.04. The van der Waals surface area contributed by atoms with E-state index < -0.39 is 26.6 Å². The maximum absolute atomic E-state index is 14.0. The minimum absolute atomic E-state index is 0.0203.